The number of aromatic hydroxyl groups is 1. The Hall–Kier alpha value is -4.75. The molecule has 2 N–H and O–H groups in total. The highest BCUT2D eigenvalue weighted by molar-refractivity contribution is 5.98. The highest BCUT2D eigenvalue weighted by atomic mass is 19.1. The first-order valence-electron chi connectivity index (χ1n) is 14.1. The molecule has 8 rings (SSSR count). The number of nitrogens with zero attached hydrogens (tertiary/aromatic N) is 7. The molecule has 0 amide bonds. The van der Waals surface area contributed by atoms with E-state index < -0.39 is 6.98 Å². The highest BCUT2D eigenvalue weighted by Crippen LogP contribution is 2.38. The average molecular weight is 524 g/mol. The van der Waals surface area contributed by atoms with E-state index in [0.29, 0.717) is 40.1 Å². The van der Waals surface area contributed by atoms with Gasteiger partial charge in [0.05, 0.1) is 17.5 Å². The molecule has 10 heteroatoms. The van der Waals surface area contributed by atoms with Crippen LogP contribution >= 0.6 is 0 Å². The fraction of sp³-hybridized carbons (Fsp3) is 0.241. The minimum Gasteiger partial charge on any atom is -0.508 e. The van der Waals surface area contributed by atoms with Gasteiger partial charge in [-0.15, -0.1) is 0 Å². The predicted octanol–water partition coefficient (Wildman–Crippen LogP) is 4.20. The molecule has 3 saturated heterocycles. The van der Waals surface area contributed by atoms with Crippen LogP contribution in [-0.2, 0) is 13.5 Å². The summed E-state index contributed by atoms with van der Waals surface area (Å²) in [5.74, 6) is 0.584. The van der Waals surface area contributed by atoms with Gasteiger partial charge in [0.25, 0.3) is 0 Å². The molecule has 4 aromatic heterocycles. The van der Waals surface area contributed by atoms with Crippen molar-refractivity contribution in [3.05, 3.63) is 78.1 Å². The number of piperidine rings is 1. The Bertz CT molecular complexity index is 1850. The molecule has 2 atom stereocenters. The van der Waals surface area contributed by atoms with Gasteiger partial charge in [0.2, 0.25) is 0 Å². The van der Waals surface area contributed by atoms with Crippen molar-refractivity contribution in [3.8, 4) is 34.2 Å². The van der Waals surface area contributed by atoms with Crippen LogP contribution in [0.5, 0.6) is 5.75 Å². The second-order valence-corrected chi connectivity index (χ2v) is 10.1. The van der Waals surface area contributed by atoms with Crippen LogP contribution in [0.1, 0.15) is 21.7 Å². The molecule has 9 nitrogen and oxygen atoms in total. The molecular formula is C29H25FN8O. The number of phenols is 1. The van der Waals surface area contributed by atoms with Crippen molar-refractivity contribution in [2.45, 2.75) is 25.0 Å². The van der Waals surface area contributed by atoms with E-state index in [4.69, 9.17) is 9.10 Å². The smallest absolute Gasteiger partial charge is 0.138 e. The molecule has 39 heavy (non-hydrogen) atoms. The molecule has 1 aromatic carbocycles. The third-order valence-corrected chi connectivity index (χ3v) is 7.77. The molecule has 3 fully saturated rings. The van der Waals surface area contributed by atoms with E-state index in [1.54, 1.807) is 6.20 Å². The van der Waals surface area contributed by atoms with E-state index in [-0.39, 0.29) is 23.7 Å². The molecule has 194 valence electrons. The van der Waals surface area contributed by atoms with Crippen molar-refractivity contribution >= 4 is 16.9 Å². The number of aromatic amines is 1. The Kier molecular flexibility index (Phi) is 4.63. The summed E-state index contributed by atoms with van der Waals surface area (Å²) in [5, 5.41) is 24.7. The second kappa shape index (κ2) is 8.92. The van der Waals surface area contributed by atoms with Gasteiger partial charge < -0.3 is 15.0 Å². The molecule has 3 aliphatic heterocycles. The molecule has 5 aromatic rings. The van der Waals surface area contributed by atoms with Crippen LogP contribution in [0.2, 0.25) is 0 Å². The number of rotatable bonds is 5. The molecule has 2 unspecified atom stereocenters. The van der Waals surface area contributed by atoms with Crippen LogP contribution < -0.4 is 4.90 Å². The number of nitrogens with one attached hydrogen (secondary N) is 1. The number of pyridine rings is 2. The number of anilines is 1. The molecular weight excluding hydrogens is 495 g/mol. The zero-order valence-corrected chi connectivity index (χ0v) is 20.7. The third kappa shape index (κ3) is 3.99. The minimum absolute atomic E-state index is 0.109. The van der Waals surface area contributed by atoms with Crippen LogP contribution in [0.15, 0.2) is 61.2 Å². The van der Waals surface area contributed by atoms with E-state index in [2.05, 4.69) is 30.9 Å². The Morgan fingerprint density at radius 3 is 2.74 bits per heavy atom. The van der Waals surface area contributed by atoms with E-state index in [1.165, 1.54) is 36.8 Å². The number of hydrogen-bond donors (Lipinski definition) is 2. The van der Waals surface area contributed by atoms with Gasteiger partial charge in [0.15, 0.2) is 0 Å². The van der Waals surface area contributed by atoms with Crippen LogP contribution in [0.4, 0.5) is 10.2 Å². The minimum atomic E-state index is -2.38. The lowest BCUT2D eigenvalue weighted by molar-refractivity contribution is -0.00921. The van der Waals surface area contributed by atoms with Gasteiger partial charge in [-0.05, 0) is 42.8 Å². The summed E-state index contributed by atoms with van der Waals surface area (Å²) in [6.07, 6.45) is 7.24. The number of aryl methyl sites for hydroxylation is 1. The number of aromatic nitrogens is 5. The van der Waals surface area contributed by atoms with Gasteiger partial charge in [-0.25, -0.2) is 14.4 Å². The number of piperazine rings is 1. The van der Waals surface area contributed by atoms with Crippen molar-refractivity contribution < 1.29 is 13.6 Å². The van der Waals surface area contributed by atoms with Gasteiger partial charge in [-0.1, -0.05) is 0 Å². The standard InChI is InChI=1S/C29H25FN8O/c1-36-13-20(12-34-36)25-8-24-28(19(9-31)11-33-29(24)35-25)17-2-5-27(32-10-17)37-15-22-7-23(16-37)38(22)14-18-6-21(30)3-4-26(18)39/h2-6,8,10-13,22-23,39H,7,14-16H2,1H3,(H,33,35)/i1D3. The maximum atomic E-state index is 13.7. The van der Waals surface area contributed by atoms with Crippen LogP contribution in [-0.4, -0.2) is 59.9 Å². The largest absolute Gasteiger partial charge is 0.508 e. The number of benzene rings is 1. The quantitative estimate of drug-likeness (QED) is 0.355. The van der Waals surface area contributed by atoms with Crippen molar-refractivity contribution in [2.24, 2.45) is 6.98 Å². The number of fused-ring (bicyclic) bond motifs is 3. The lowest BCUT2D eigenvalue weighted by Gasteiger charge is -2.56. The average Bonchev–Trinajstić information content (AvgIpc) is 3.65. The van der Waals surface area contributed by atoms with Crippen molar-refractivity contribution in [3.63, 3.8) is 0 Å². The molecule has 0 spiro atoms. The lowest BCUT2D eigenvalue weighted by atomic mass is 9.86. The molecule has 0 radical (unpaired) electrons. The van der Waals surface area contributed by atoms with Crippen LogP contribution in [0.25, 0.3) is 33.4 Å². The number of hydrogen-bond acceptors (Lipinski definition) is 7. The van der Waals surface area contributed by atoms with Crippen molar-refractivity contribution in [1.82, 2.24) is 29.6 Å². The number of halogens is 1. The van der Waals surface area contributed by atoms with Crippen LogP contribution in [0, 0.1) is 17.1 Å². The Labute approximate surface area is 228 Å². The van der Waals surface area contributed by atoms with Gasteiger partial charge in [0, 0.05) is 89.0 Å². The zero-order valence-electron chi connectivity index (χ0n) is 23.7. The summed E-state index contributed by atoms with van der Waals surface area (Å²) in [7, 11) is 0. The predicted molar refractivity (Wildman–Crippen MR) is 144 cm³/mol. The first kappa shape index (κ1) is 20.2. The molecule has 7 heterocycles. The number of nitriles is 1. The molecule has 0 saturated carbocycles. The Morgan fingerprint density at radius 2 is 2.00 bits per heavy atom. The summed E-state index contributed by atoms with van der Waals surface area (Å²) in [6.45, 7) is -0.337. The van der Waals surface area contributed by atoms with Gasteiger partial charge in [-0.3, -0.25) is 9.58 Å². The second-order valence-electron chi connectivity index (χ2n) is 10.1. The van der Waals surface area contributed by atoms with Gasteiger partial charge >= 0.3 is 0 Å². The van der Waals surface area contributed by atoms with Crippen molar-refractivity contribution in [1.29, 1.82) is 5.26 Å². The lowest BCUT2D eigenvalue weighted by Crippen LogP contribution is -2.68. The molecule has 0 aliphatic carbocycles. The summed E-state index contributed by atoms with van der Waals surface area (Å²) >= 11 is 0. The summed E-state index contributed by atoms with van der Waals surface area (Å²) in [5.41, 5.74) is 4.23. The fourth-order valence-electron chi connectivity index (χ4n) is 5.82. The van der Waals surface area contributed by atoms with E-state index in [1.807, 2.05) is 18.2 Å². The summed E-state index contributed by atoms with van der Waals surface area (Å²) < 4.78 is 37.4. The van der Waals surface area contributed by atoms with Crippen molar-refractivity contribution in [2.75, 3.05) is 18.0 Å². The topological polar surface area (TPSA) is 110 Å². The maximum absolute atomic E-state index is 13.7. The van der Waals surface area contributed by atoms with E-state index in [0.717, 1.165) is 41.0 Å². The fourth-order valence-corrected chi connectivity index (χ4v) is 5.82. The third-order valence-electron chi connectivity index (χ3n) is 7.77. The normalized spacial score (nSPS) is 20.2. The summed E-state index contributed by atoms with van der Waals surface area (Å²) in [4.78, 5) is 16.9. The summed E-state index contributed by atoms with van der Waals surface area (Å²) in [6, 6.07) is 12.6. The number of H-pyrrole nitrogens is 1. The SMILES string of the molecule is [2H]C([2H])([2H])n1cc(-c2cc3c(-c4ccc(N5CC6CC(C5)N6Cc5cc(F)ccc5O)nc4)c(C#N)cnc3[nH]2)cn1. The van der Waals surface area contributed by atoms with E-state index in [9.17, 15) is 14.8 Å². The highest BCUT2D eigenvalue weighted by Gasteiger charge is 2.44. The Morgan fingerprint density at radius 1 is 1.13 bits per heavy atom. The monoisotopic (exact) mass is 523 g/mol. The first-order chi connectivity index (χ1) is 20.2. The molecule has 2 bridgehead atoms. The zero-order chi connectivity index (χ0) is 29.2. The van der Waals surface area contributed by atoms with E-state index >= 15 is 0 Å². The van der Waals surface area contributed by atoms with Crippen LogP contribution in [0.3, 0.4) is 0 Å². The van der Waals surface area contributed by atoms with Gasteiger partial charge in [-0.2, -0.15) is 10.4 Å². The maximum Gasteiger partial charge on any atom is 0.138 e. The van der Waals surface area contributed by atoms with Gasteiger partial charge in [0.1, 0.15) is 29.1 Å². The first-order valence-corrected chi connectivity index (χ1v) is 12.6. The molecule has 3 aliphatic rings. The number of phenolic OH excluding ortho intramolecular Hbond substituents is 1. The Balaban J connectivity index is 1.13.